The lowest BCUT2D eigenvalue weighted by atomic mass is 9.69. The Labute approximate surface area is 162 Å². The van der Waals surface area contributed by atoms with Gasteiger partial charge in [0.25, 0.3) is 0 Å². The lowest BCUT2D eigenvalue weighted by Gasteiger charge is -2.47. The van der Waals surface area contributed by atoms with Crippen LogP contribution in [0.15, 0.2) is 24.3 Å². The zero-order valence-corrected chi connectivity index (χ0v) is 17.8. The summed E-state index contributed by atoms with van der Waals surface area (Å²) in [5.41, 5.74) is 2.40. The van der Waals surface area contributed by atoms with E-state index < -0.39 is 0 Å². The van der Waals surface area contributed by atoms with Gasteiger partial charge in [0.15, 0.2) is 0 Å². The number of benzene rings is 1. The van der Waals surface area contributed by atoms with Gasteiger partial charge in [-0.2, -0.15) is 0 Å². The Morgan fingerprint density at radius 1 is 0.846 bits per heavy atom. The van der Waals surface area contributed by atoms with Crippen molar-refractivity contribution in [3.05, 3.63) is 29.8 Å². The Bertz CT molecular complexity index is 522. The molecule has 2 nitrogen and oxygen atoms in total. The van der Waals surface area contributed by atoms with Crippen LogP contribution in [0.1, 0.15) is 91.5 Å². The summed E-state index contributed by atoms with van der Waals surface area (Å²) in [4.78, 5) is 0. The van der Waals surface area contributed by atoms with E-state index >= 15 is 0 Å². The van der Waals surface area contributed by atoms with Crippen LogP contribution in [0.25, 0.3) is 0 Å². The average molecular weight is 358 g/mol. The van der Waals surface area contributed by atoms with Crippen molar-refractivity contribution < 1.29 is 9.31 Å². The van der Waals surface area contributed by atoms with Crippen molar-refractivity contribution in [1.29, 1.82) is 0 Å². The number of hydrogen-bond acceptors (Lipinski definition) is 2. The van der Waals surface area contributed by atoms with Crippen LogP contribution in [0.4, 0.5) is 0 Å². The van der Waals surface area contributed by atoms with Gasteiger partial charge in [-0.25, -0.2) is 0 Å². The van der Waals surface area contributed by atoms with Gasteiger partial charge in [0.05, 0.1) is 5.60 Å². The van der Waals surface area contributed by atoms with Crippen LogP contribution >= 0.6 is 0 Å². The maximum atomic E-state index is 6.25. The Balaban J connectivity index is 1.72. The molecule has 1 aromatic rings. The first-order valence-corrected chi connectivity index (χ1v) is 10.7. The number of hydrogen-bond donors (Lipinski definition) is 0. The molecule has 0 radical (unpaired) electrons. The summed E-state index contributed by atoms with van der Waals surface area (Å²) in [5, 5.41) is 0. The average Bonchev–Trinajstić information content (AvgIpc) is 2.60. The van der Waals surface area contributed by atoms with E-state index in [1.807, 2.05) is 0 Å². The molecule has 2 rings (SSSR count). The number of rotatable bonds is 10. The maximum Gasteiger partial charge on any atom is 0.494 e. The second-order valence-electron chi connectivity index (χ2n) is 9.12. The fourth-order valence-electron chi connectivity index (χ4n) is 3.39. The summed E-state index contributed by atoms with van der Waals surface area (Å²) in [6.45, 7) is 11.7. The van der Waals surface area contributed by atoms with Gasteiger partial charge in [0.2, 0.25) is 0 Å². The van der Waals surface area contributed by atoms with Crippen LogP contribution in [-0.4, -0.2) is 19.3 Å². The molecule has 0 saturated carbocycles. The summed E-state index contributed by atoms with van der Waals surface area (Å²) in [6, 6.07) is 8.85. The molecule has 1 aliphatic rings. The first kappa shape index (κ1) is 21.5. The molecule has 1 saturated heterocycles. The minimum absolute atomic E-state index is 0.0278. The van der Waals surface area contributed by atoms with E-state index in [1.165, 1.54) is 63.4 Å². The molecule has 0 atom stereocenters. The van der Waals surface area contributed by atoms with Gasteiger partial charge in [0, 0.05) is 12.0 Å². The first-order valence-electron chi connectivity index (χ1n) is 10.7. The molecule has 0 aliphatic carbocycles. The summed E-state index contributed by atoms with van der Waals surface area (Å²) in [7, 11) is -0.241. The highest BCUT2D eigenvalue weighted by Crippen LogP contribution is 2.37. The monoisotopic (exact) mass is 358 g/mol. The van der Waals surface area contributed by atoms with Crippen LogP contribution in [0, 0.1) is 5.41 Å². The molecule has 26 heavy (non-hydrogen) atoms. The fraction of sp³-hybridized carbons (Fsp3) is 0.739. The largest absolute Gasteiger partial charge is 0.494 e. The zero-order chi connectivity index (χ0) is 19.0. The molecule has 0 N–H and O–H groups in total. The minimum Gasteiger partial charge on any atom is -0.407 e. The summed E-state index contributed by atoms with van der Waals surface area (Å²) >= 11 is 0. The second kappa shape index (κ2) is 9.94. The quantitative estimate of drug-likeness (QED) is 0.382. The maximum absolute atomic E-state index is 6.25. The Hall–Kier alpha value is -0.795. The molecule has 1 heterocycles. The highest BCUT2D eigenvalue weighted by atomic mass is 16.6. The third-order valence-corrected chi connectivity index (χ3v) is 6.20. The molecule has 1 aliphatic heterocycles. The smallest absolute Gasteiger partial charge is 0.407 e. The number of aryl methyl sites for hydroxylation is 1. The van der Waals surface area contributed by atoms with Crippen LogP contribution in [0.3, 0.4) is 0 Å². The van der Waals surface area contributed by atoms with Crippen molar-refractivity contribution in [3.8, 4) is 0 Å². The standard InChI is InChI=1S/C23H39BO2/c1-6-7-8-9-10-11-12-13-14-20-15-17-21(18-16-20)24-25-19-22(2,3)23(4,5)26-24/h15-18H,6-14,19H2,1-5H3. The van der Waals surface area contributed by atoms with E-state index in [0.29, 0.717) is 0 Å². The molecular formula is C23H39BO2. The molecule has 1 aromatic carbocycles. The molecule has 0 bridgehead atoms. The van der Waals surface area contributed by atoms with Gasteiger partial charge in [-0.15, -0.1) is 0 Å². The van der Waals surface area contributed by atoms with Crippen molar-refractivity contribution in [3.63, 3.8) is 0 Å². The third kappa shape index (κ3) is 6.13. The van der Waals surface area contributed by atoms with Crippen molar-refractivity contribution in [1.82, 2.24) is 0 Å². The summed E-state index contributed by atoms with van der Waals surface area (Å²) in [5.74, 6) is 0. The van der Waals surface area contributed by atoms with E-state index in [2.05, 4.69) is 58.9 Å². The molecule has 3 heteroatoms. The lowest BCUT2D eigenvalue weighted by molar-refractivity contribution is -0.0937. The molecule has 0 unspecified atom stereocenters. The molecular weight excluding hydrogens is 319 g/mol. The second-order valence-corrected chi connectivity index (χ2v) is 9.12. The van der Waals surface area contributed by atoms with Crippen molar-refractivity contribution in [2.45, 2.75) is 98.0 Å². The topological polar surface area (TPSA) is 18.5 Å². The van der Waals surface area contributed by atoms with Crippen molar-refractivity contribution in [2.75, 3.05) is 6.61 Å². The van der Waals surface area contributed by atoms with Crippen LogP contribution < -0.4 is 5.46 Å². The summed E-state index contributed by atoms with van der Waals surface area (Å²) in [6.07, 6.45) is 12.2. The number of unbranched alkanes of at least 4 members (excludes halogenated alkanes) is 7. The van der Waals surface area contributed by atoms with Gasteiger partial charge in [0.1, 0.15) is 0 Å². The van der Waals surface area contributed by atoms with Crippen LogP contribution in [-0.2, 0) is 15.7 Å². The Kier molecular flexibility index (Phi) is 8.22. The predicted molar refractivity (Wildman–Crippen MR) is 113 cm³/mol. The zero-order valence-electron chi connectivity index (χ0n) is 17.8. The highest BCUT2D eigenvalue weighted by Gasteiger charge is 2.46. The summed E-state index contributed by atoms with van der Waals surface area (Å²) < 4.78 is 12.2. The van der Waals surface area contributed by atoms with Gasteiger partial charge in [-0.3, -0.25) is 0 Å². The van der Waals surface area contributed by atoms with Crippen molar-refractivity contribution >= 4 is 12.6 Å². The van der Waals surface area contributed by atoms with E-state index in [4.69, 9.17) is 9.31 Å². The molecule has 146 valence electrons. The van der Waals surface area contributed by atoms with Gasteiger partial charge in [-0.05, 0) is 37.7 Å². The Morgan fingerprint density at radius 3 is 2.00 bits per heavy atom. The van der Waals surface area contributed by atoms with Gasteiger partial charge >= 0.3 is 7.12 Å². The normalized spacial score (nSPS) is 18.9. The van der Waals surface area contributed by atoms with Gasteiger partial charge in [-0.1, -0.05) is 90.0 Å². The SMILES string of the molecule is CCCCCCCCCCc1ccc(B2OCC(C)(C)C(C)(C)O2)cc1. The minimum atomic E-state index is -0.241. The van der Waals surface area contributed by atoms with Crippen LogP contribution in [0.5, 0.6) is 0 Å². The molecule has 0 aromatic heterocycles. The van der Waals surface area contributed by atoms with E-state index in [1.54, 1.807) is 0 Å². The third-order valence-electron chi connectivity index (χ3n) is 6.20. The van der Waals surface area contributed by atoms with Crippen molar-refractivity contribution in [2.24, 2.45) is 5.41 Å². The van der Waals surface area contributed by atoms with Gasteiger partial charge < -0.3 is 9.31 Å². The highest BCUT2D eigenvalue weighted by molar-refractivity contribution is 6.61. The van der Waals surface area contributed by atoms with E-state index in [0.717, 1.165) is 12.1 Å². The lowest BCUT2D eigenvalue weighted by Crippen LogP contribution is -2.58. The van der Waals surface area contributed by atoms with E-state index in [9.17, 15) is 0 Å². The Morgan fingerprint density at radius 2 is 1.42 bits per heavy atom. The molecule has 0 amide bonds. The first-order chi connectivity index (χ1) is 12.4. The molecule has 0 spiro atoms. The predicted octanol–water partition coefficient (Wildman–Crippen LogP) is 5.92. The fourth-order valence-corrected chi connectivity index (χ4v) is 3.39. The van der Waals surface area contributed by atoms with E-state index in [-0.39, 0.29) is 18.1 Å². The molecule has 1 fully saturated rings. The van der Waals surface area contributed by atoms with Crippen LogP contribution in [0.2, 0.25) is 0 Å².